The molecular weight excluding hydrogens is 412 g/mol. The lowest BCUT2D eigenvalue weighted by Gasteiger charge is -2.33. The van der Waals surface area contributed by atoms with Gasteiger partial charge < -0.3 is 28.7 Å². The highest BCUT2D eigenvalue weighted by Gasteiger charge is 2.28. The molecule has 0 bridgehead atoms. The number of fused-ring (bicyclic) bond motifs is 2. The first-order valence-electron chi connectivity index (χ1n) is 11.0. The van der Waals surface area contributed by atoms with Gasteiger partial charge in [0.15, 0.2) is 11.5 Å². The van der Waals surface area contributed by atoms with Crippen LogP contribution >= 0.6 is 0 Å². The number of hydrogen-bond donors (Lipinski definition) is 0. The molecule has 0 aromatic heterocycles. The van der Waals surface area contributed by atoms with E-state index in [1.807, 2.05) is 36.4 Å². The molecule has 8 nitrogen and oxygen atoms in total. The molecule has 0 aliphatic carbocycles. The minimum Gasteiger partial charge on any atom is -0.491 e. The molecular formula is C24H26N2O6. The number of hydrogen-bond acceptors (Lipinski definition) is 6. The van der Waals surface area contributed by atoms with Crippen molar-refractivity contribution in [3.05, 3.63) is 48.0 Å². The first kappa shape index (κ1) is 20.6. The van der Waals surface area contributed by atoms with Gasteiger partial charge in [0.1, 0.15) is 18.5 Å². The zero-order valence-corrected chi connectivity index (χ0v) is 17.8. The number of ether oxygens (including phenoxy) is 4. The Bertz CT molecular complexity index is 1010. The first-order chi connectivity index (χ1) is 15.7. The van der Waals surface area contributed by atoms with E-state index < -0.39 is 0 Å². The van der Waals surface area contributed by atoms with E-state index in [0.29, 0.717) is 50.1 Å². The Morgan fingerprint density at radius 2 is 1.84 bits per heavy atom. The van der Waals surface area contributed by atoms with E-state index in [4.69, 9.17) is 18.9 Å². The van der Waals surface area contributed by atoms with E-state index in [2.05, 4.69) is 0 Å². The van der Waals surface area contributed by atoms with Crippen LogP contribution in [0, 0.1) is 0 Å². The second kappa shape index (κ2) is 9.08. The molecule has 5 rings (SSSR count). The lowest BCUT2D eigenvalue weighted by atomic mass is 10.2. The maximum atomic E-state index is 12.7. The van der Waals surface area contributed by atoms with Crippen LogP contribution in [-0.2, 0) is 20.7 Å². The van der Waals surface area contributed by atoms with Gasteiger partial charge in [-0.25, -0.2) is 0 Å². The van der Waals surface area contributed by atoms with Crippen LogP contribution in [0.5, 0.6) is 17.2 Å². The van der Waals surface area contributed by atoms with Crippen LogP contribution < -0.4 is 19.1 Å². The van der Waals surface area contributed by atoms with E-state index in [1.165, 1.54) is 5.56 Å². The number of morpholine rings is 1. The van der Waals surface area contributed by atoms with E-state index in [9.17, 15) is 9.59 Å². The first-order valence-corrected chi connectivity index (χ1v) is 11.0. The van der Waals surface area contributed by atoms with Crippen LogP contribution in [0.3, 0.4) is 0 Å². The Morgan fingerprint density at radius 3 is 2.78 bits per heavy atom. The fourth-order valence-electron chi connectivity index (χ4n) is 4.31. The predicted molar refractivity (Wildman–Crippen MR) is 116 cm³/mol. The summed E-state index contributed by atoms with van der Waals surface area (Å²) < 4.78 is 22.3. The van der Waals surface area contributed by atoms with E-state index in [0.717, 1.165) is 12.1 Å². The van der Waals surface area contributed by atoms with Crippen molar-refractivity contribution in [1.29, 1.82) is 0 Å². The van der Waals surface area contributed by atoms with Gasteiger partial charge in [-0.05, 0) is 30.2 Å². The van der Waals surface area contributed by atoms with Crippen molar-refractivity contribution in [2.75, 3.05) is 44.5 Å². The number of anilines is 1. The third-order valence-corrected chi connectivity index (χ3v) is 6.01. The van der Waals surface area contributed by atoms with Crippen molar-refractivity contribution in [2.45, 2.75) is 25.4 Å². The smallest absolute Gasteiger partial charge is 0.231 e. The van der Waals surface area contributed by atoms with Gasteiger partial charge in [-0.1, -0.05) is 18.2 Å². The third kappa shape index (κ3) is 4.36. The summed E-state index contributed by atoms with van der Waals surface area (Å²) in [5.74, 6) is 2.00. The predicted octanol–water partition coefficient (Wildman–Crippen LogP) is 2.39. The Kier molecular flexibility index (Phi) is 5.85. The molecule has 0 N–H and O–H groups in total. The highest BCUT2D eigenvalue weighted by Crippen LogP contribution is 2.35. The molecule has 3 aliphatic rings. The van der Waals surface area contributed by atoms with E-state index >= 15 is 0 Å². The van der Waals surface area contributed by atoms with Crippen molar-refractivity contribution in [3.8, 4) is 17.2 Å². The molecule has 1 fully saturated rings. The van der Waals surface area contributed by atoms with Gasteiger partial charge in [0.25, 0.3) is 0 Å². The number of nitrogens with zero attached hydrogens (tertiary/aromatic N) is 2. The number of carbonyl (C=O) groups excluding carboxylic acids is 2. The number of rotatable bonds is 6. The Morgan fingerprint density at radius 1 is 1.00 bits per heavy atom. The lowest BCUT2D eigenvalue weighted by Crippen LogP contribution is -2.47. The molecule has 0 spiro atoms. The topological polar surface area (TPSA) is 77.5 Å². The molecule has 1 atom stereocenters. The summed E-state index contributed by atoms with van der Waals surface area (Å²) in [4.78, 5) is 29.0. The molecule has 2 amide bonds. The van der Waals surface area contributed by atoms with Crippen LogP contribution in [0.1, 0.15) is 18.4 Å². The standard InChI is InChI=1S/C24H26N2O6/c27-23(7-8-24(28)26-10-9-17-3-1-2-4-20(17)26)25-11-12-29-19(14-25)15-30-18-5-6-21-22(13-18)32-16-31-21/h1-6,13,19H,7-12,14-16H2. The van der Waals surface area contributed by atoms with E-state index in [-0.39, 0.29) is 37.6 Å². The molecule has 32 heavy (non-hydrogen) atoms. The molecule has 3 heterocycles. The second-order valence-electron chi connectivity index (χ2n) is 8.08. The van der Waals surface area contributed by atoms with Gasteiger partial charge in [-0.3, -0.25) is 9.59 Å². The molecule has 168 valence electrons. The molecule has 0 saturated carbocycles. The highest BCUT2D eigenvalue weighted by atomic mass is 16.7. The summed E-state index contributed by atoms with van der Waals surface area (Å²) in [5.41, 5.74) is 2.16. The van der Waals surface area contributed by atoms with Gasteiger partial charge >= 0.3 is 0 Å². The quantitative estimate of drug-likeness (QED) is 0.689. The summed E-state index contributed by atoms with van der Waals surface area (Å²) in [5, 5.41) is 0. The van der Waals surface area contributed by atoms with Crippen LogP contribution in [0.25, 0.3) is 0 Å². The average molecular weight is 438 g/mol. The molecule has 3 aliphatic heterocycles. The molecule has 0 radical (unpaired) electrons. The number of carbonyl (C=O) groups is 2. The average Bonchev–Trinajstić information content (AvgIpc) is 3.48. The second-order valence-corrected chi connectivity index (χ2v) is 8.08. The molecule has 2 aromatic rings. The lowest BCUT2D eigenvalue weighted by molar-refractivity contribution is -0.141. The van der Waals surface area contributed by atoms with Crippen LogP contribution in [0.15, 0.2) is 42.5 Å². The number of amides is 2. The maximum absolute atomic E-state index is 12.7. The van der Waals surface area contributed by atoms with Gasteiger partial charge in [0, 0.05) is 37.7 Å². The summed E-state index contributed by atoms with van der Waals surface area (Å²) in [6.07, 6.45) is 1.06. The zero-order valence-electron chi connectivity index (χ0n) is 17.8. The fourth-order valence-corrected chi connectivity index (χ4v) is 4.31. The SMILES string of the molecule is O=C(CCC(=O)N1CCc2ccccc21)N1CCOC(COc2ccc3c(c2)OCO3)C1. The number of para-hydroxylation sites is 1. The van der Waals surface area contributed by atoms with Gasteiger partial charge in [-0.15, -0.1) is 0 Å². The van der Waals surface area contributed by atoms with Crippen LogP contribution in [0.2, 0.25) is 0 Å². The van der Waals surface area contributed by atoms with Crippen molar-refractivity contribution < 1.29 is 28.5 Å². The monoisotopic (exact) mass is 438 g/mol. The molecule has 8 heteroatoms. The number of benzene rings is 2. The highest BCUT2D eigenvalue weighted by molar-refractivity contribution is 5.97. The van der Waals surface area contributed by atoms with Crippen molar-refractivity contribution in [1.82, 2.24) is 4.90 Å². The van der Waals surface area contributed by atoms with Gasteiger partial charge in [0.05, 0.1) is 13.2 Å². The van der Waals surface area contributed by atoms with Crippen LogP contribution in [0.4, 0.5) is 5.69 Å². The maximum Gasteiger partial charge on any atom is 0.231 e. The Hall–Kier alpha value is -3.26. The fraction of sp³-hybridized carbons (Fsp3) is 0.417. The summed E-state index contributed by atoms with van der Waals surface area (Å²) in [6.45, 7) is 2.66. The van der Waals surface area contributed by atoms with Gasteiger partial charge in [-0.2, -0.15) is 0 Å². The summed E-state index contributed by atoms with van der Waals surface area (Å²) >= 11 is 0. The van der Waals surface area contributed by atoms with Crippen LogP contribution in [-0.4, -0.2) is 62.5 Å². The molecule has 1 saturated heterocycles. The zero-order chi connectivity index (χ0) is 21.9. The van der Waals surface area contributed by atoms with Crippen molar-refractivity contribution >= 4 is 17.5 Å². The van der Waals surface area contributed by atoms with Gasteiger partial charge in [0.2, 0.25) is 18.6 Å². The molecule has 2 aromatic carbocycles. The van der Waals surface area contributed by atoms with E-state index in [1.54, 1.807) is 15.9 Å². The summed E-state index contributed by atoms with van der Waals surface area (Å²) in [6, 6.07) is 13.4. The Labute approximate surface area is 186 Å². The molecule has 1 unspecified atom stereocenters. The van der Waals surface area contributed by atoms with Crippen molar-refractivity contribution in [2.24, 2.45) is 0 Å². The Balaban J connectivity index is 1.09. The third-order valence-electron chi connectivity index (χ3n) is 6.01. The summed E-state index contributed by atoms with van der Waals surface area (Å²) in [7, 11) is 0. The van der Waals surface area contributed by atoms with Crippen molar-refractivity contribution in [3.63, 3.8) is 0 Å². The largest absolute Gasteiger partial charge is 0.491 e. The minimum absolute atomic E-state index is 0.000694. The minimum atomic E-state index is -0.223. The normalized spacial score (nSPS) is 19.1.